The molecule has 0 aliphatic carbocycles. The molecule has 30 heavy (non-hydrogen) atoms. The summed E-state index contributed by atoms with van der Waals surface area (Å²) < 4.78 is 77.6. The third kappa shape index (κ3) is 4.59. The maximum absolute atomic E-state index is 12.9. The fourth-order valence-electron chi connectivity index (χ4n) is 3.00. The topological polar surface area (TPSA) is 20.2 Å². The van der Waals surface area contributed by atoms with Gasteiger partial charge in [0.1, 0.15) is 5.75 Å². The van der Waals surface area contributed by atoms with Crippen LogP contribution in [0.5, 0.6) is 5.75 Å². The second-order valence-corrected chi connectivity index (χ2v) is 8.78. The molecule has 3 aromatic rings. The number of phenolic OH excluding ortho intramolecular Hbond substituents is 1. The number of alkyl halides is 6. The molecule has 0 aliphatic rings. The van der Waals surface area contributed by atoms with Gasteiger partial charge in [-0.25, -0.2) is 0 Å². The predicted molar refractivity (Wildman–Crippen MR) is 103 cm³/mol. The van der Waals surface area contributed by atoms with Gasteiger partial charge in [-0.15, -0.1) is 0 Å². The fourth-order valence-corrected chi connectivity index (χ4v) is 5.22. The summed E-state index contributed by atoms with van der Waals surface area (Å²) in [6.45, 7) is 3.37. The van der Waals surface area contributed by atoms with Gasteiger partial charge in [-0.2, -0.15) is 26.3 Å². The molecule has 8 heteroatoms. The van der Waals surface area contributed by atoms with E-state index >= 15 is 0 Å². The molecular weight excluding hydrogens is 426 g/mol. The predicted octanol–water partition coefficient (Wildman–Crippen LogP) is 7.14. The molecule has 0 saturated carbocycles. The van der Waals surface area contributed by atoms with Crippen LogP contribution in [0.25, 0.3) is 0 Å². The third-order valence-electron chi connectivity index (χ3n) is 4.53. The van der Waals surface area contributed by atoms with E-state index in [9.17, 15) is 31.4 Å². The van der Waals surface area contributed by atoms with Crippen LogP contribution in [0.2, 0.25) is 0 Å². The second-order valence-electron chi connectivity index (χ2n) is 6.76. The number of rotatable bonds is 3. The minimum atomic E-state index is -4.49. The van der Waals surface area contributed by atoms with Gasteiger partial charge >= 0.3 is 12.4 Å². The summed E-state index contributed by atoms with van der Waals surface area (Å²) in [6, 6.07) is 12.6. The lowest BCUT2D eigenvalue weighted by atomic mass is 10.1. The molecule has 0 heterocycles. The van der Waals surface area contributed by atoms with E-state index in [1.807, 2.05) is 0 Å². The van der Waals surface area contributed by atoms with Gasteiger partial charge in [0, 0.05) is 12.1 Å². The maximum atomic E-state index is 12.9. The number of aromatic hydroxyl groups is 1. The normalized spacial score (nSPS) is 12.4. The molecule has 0 aromatic heterocycles. The molecule has 0 atom stereocenters. The molecule has 1 nitrogen and oxygen atoms in total. The first-order valence-electron chi connectivity index (χ1n) is 8.77. The first-order chi connectivity index (χ1) is 13.9. The van der Waals surface area contributed by atoms with E-state index < -0.39 is 34.4 Å². The summed E-state index contributed by atoms with van der Waals surface area (Å²) in [6.07, 6.45) is -8.98. The van der Waals surface area contributed by atoms with Gasteiger partial charge in [-0.1, -0.05) is 0 Å². The van der Waals surface area contributed by atoms with E-state index in [2.05, 4.69) is 0 Å². The first-order valence-corrected chi connectivity index (χ1v) is 9.99. The number of hydrogen-bond donors (Lipinski definition) is 1. The van der Waals surface area contributed by atoms with E-state index in [0.717, 1.165) is 24.3 Å². The molecule has 3 rings (SSSR count). The van der Waals surface area contributed by atoms with Crippen LogP contribution in [0.4, 0.5) is 26.3 Å². The van der Waals surface area contributed by atoms with Gasteiger partial charge in [0.15, 0.2) is 14.7 Å². The van der Waals surface area contributed by atoms with Crippen molar-refractivity contribution in [1.82, 2.24) is 0 Å². The second kappa shape index (κ2) is 7.91. The van der Waals surface area contributed by atoms with Crippen molar-refractivity contribution in [3.63, 3.8) is 0 Å². The highest BCUT2D eigenvalue weighted by molar-refractivity contribution is 7.97. The van der Waals surface area contributed by atoms with E-state index in [1.54, 1.807) is 26.0 Å². The molecule has 0 unspecified atom stereocenters. The number of phenols is 1. The lowest BCUT2D eigenvalue weighted by molar-refractivity contribution is -0.138. The molecule has 0 amide bonds. The van der Waals surface area contributed by atoms with Crippen LogP contribution in [0.15, 0.2) is 75.4 Å². The Labute approximate surface area is 172 Å². The van der Waals surface area contributed by atoms with Crippen molar-refractivity contribution in [1.29, 1.82) is 0 Å². The van der Waals surface area contributed by atoms with Crippen molar-refractivity contribution in [2.24, 2.45) is 0 Å². The van der Waals surface area contributed by atoms with Crippen molar-refractivity contribution < 1.29 is 31.4 Å². The molecular formula is C22H17F6OS+. The van der Waals surface area contributed by atoms with Crippen LogP contribution in [0.3, 0.4) is 0 Å². The number of benzene rings is 3. The highest BCUT2D eigenvalue weighted by Crippen LogP contribution is 2.38. The summed E-state index contributed by atoms with van der Waals surface area (Å²) in [4.78, 5) is 1.72. The van der Waals surface area contributed by atoms with Gasteiger partial charge in [-0.05, 0) is 73.5 Å². The van der Waals surface area contributed by atoms with Crippen molar-refractivity contribution in [2.75, 3.05) is 0 Å². The zero-order chi connectivity index (χ0) is 22.3. The van der Waals surface area contributed by atoms with Gasteiger partial charge in [0.05, 0.1) is 22.0 Å². The molecule has 158 valence electrons. The Morgan fingerprint density at radius 1 is 0.600 bits per heavy atom. The number of aryl methyl sites for hydroxylation is 2. The largest absolute Gasteiger partial charge is 0.507 e. The molecule has 0 bridgehead atoms. The number of hydrogen-bond acceptors (Lipinski definition) is 1. The van der Waals surface area contributed by atoms with Gasteiger partial charge < -0.3 is 5.11 Å². The number of halogens is 6. The van der Waals surface area contributed by atoms with Gasteiger partial charge in [-0.3, -0.25) is 0 Å². The van der Waals surface area contributed by atoms with Gasteiger partial charge in [0.2, 0.25) is 0 Å². The summed E-state index contributed by atoms with van der Waals surface area (Å²) >= 11 is 0. The van der Waals surface area contributed by atoms with Crippen LogP contribution in [-0.2, 0) is 23.2 Å². The molecule has 3 aromatic carbocycles. The average molecular weight is 443 g/mol. The Morgan fingerprint density at radius 2 is 0.933 bits per heavy atom. The van der Waals surface area contributed by atoms with Crippen LogP contribution < -0.4 is 0 Å². The summed E-state index contributed by atoms with van der Waals surface area (Å²) in [7, 11) is -0.959. The zero-order valence-electron chi connectivity index (χ0n) is 15.9. The SMILES string of the molecule is Cc1cc([S+](c2ccc(C(F)(F)F)cc2)c2ccc(C(F)(F)F)cc2)cc(C)c1O. The van der Waals surface area contributed by atoms with Crippen LogP contribution in [0, 0.1) is 13.8 Å². The van der Waals surface area contributed by atoms with E-state index in [4.69, 9.17) is 0 Å². The highest BCUT2D eigenvalue weighted by Gasteiger charge is 2.35. The molecule has 1 N–H and O–H groups in total. The molecule has 0 saturated heterocycles. The smallest absolute Gasteiger partial charge is 0.416 e. The Morgan fingerprint density at radius 3 is 1.23 bits per heavy atom. The summed E-state index contributed by atoms with van der Waals surface area (Å²) in [5.41, 5.74) is -0.469. The summed E-state index contributed by atoms with van der Waals surface area (Å²) in [5.74, 6) is 0.0992. The van der Waals surface area contributed by atoms with Gasteiger partial charge in [0.25, 0.3) is 0 Å². The Hall–Kier alpha value is -2.61. The van der Waals surface area contributed by atoms with E-state index in [-0.39, 0.29) is 5.75 Å². The monoisotopic (exact) mass is 443 g/mol. The minimum absolute atomic E-state index is 0.0992. The summed E-state index contributed by atoms with van der Waals surface area (Å²) in [5, 5.41) is 10.1. The quantitative estimate of drug-likeness (QED) is 0.337. The molecule has 0 radical (unpaired) electrons. The van der Waals surface area contributed by atoms with Crippen molar-refractivity contribution in [3.05, 3.63) is 82.9 Å². The lowest BCUT2D eigenvalue weighted by Gasteiger charge is -2.13. The Bertz CT molecular complexity index is 957. The van der Waals surface area contributed by atoms with Crippen LogP contribution >= 0.6 is 0 Å². The minimum Gasteiger partial charge on any atom is -0.507 e. The van der Waals surface area contributed by atoms with Crippen molar-refractivity contribution in [3.8, 4) is 5.75 Å². The van der Waals surface area contributed by atoms with Crippen LogP contribution in [-0.4, -0.2) is 5.11 Å². The van der Waals surface area contributed by atoms with E-state index in [1.165, 1.54) is 24.3 Å². The highest BCUT2D eigenvalue weighted by atomic mass is 32.2. The Kier molecular flexibility index (Phi) is 5.82. The standard InChI is InChI=1S/C22H16F6OS/c1-13-11-19(12-14(2)20(13)29)30(17-7-3-15(4-8-17)21(23,24)25)18-9-5-16(6-10-18)22(26,27)28/h3-12H,1-2H3/p+1. The third-order valence-corrected chi connectivity index (χ3v) is 6.73. The van der Waals surface area contributed by atoms with Crippen molar-refractivity contribution in [2.45, 2.75) is 40.9 Å². The first kappa shape index (κ1) is 22.1. The van der Waals surface area contributed by atoms with Crippen LogP contribution in [0.1, 0.15) is 22.3 Å². The fraction of sp³-hybridized carbons (Fsp3) is 0.182. The zero-order valence-corrected chi connectivity index (χ0v) is 16.7. The molecule has 0 spiro atoms. The van der Waals surface area contributed by atoms with Crippen molar-refractivity contribution >= 4 is 10.9 Å². The van der Waals surface area contributed by atoms with E-state index in [0.29, 0.717) is 25.8 Å². The Balaban J connectivity index is 2.14. The molecule has 0 fully saturated rings. The average Bonchev–Trinajstić information content (AvgIpc) is 2.66. The molecule has 0 aliphatic heterocycles. The lowest BCUT2D eigenvalue weighted by Crippen LogP contribution is -2.09. The maximum Gasteiger partial charge on any atom is 0.416 e.